The molecule has 0 radical (unpaired) electrons. The molecular formula is C24H23ClN2O3. The average molecular weight is 423 g/mol. The van der Waals surface area contributed by atoms with Gasteiger partial charge in [0.2, 0.25) is 0 Å². The Hall–Kier alpha value is -2.89. The van der Waals surface area contributed by atoms with Crippen molar-refractivity contribution in [3.05, 3.63) is 81.2 Å². The molecule has 1 fully saturated rings. The topological polar surface area (TPSA) is 62.6 Å². The normalized spacial score (nSPS) is 15.6. The second-order valence-corrected chi connectivity index (χ2v) is 7.91. The summed E-state index contributed by atoms with van der Waals surface area (Å²) in [6.07, 6.45) is 6.71. The Kier molecular flexibility index (Phi) is 6.31. The van der Waals surface area contributed by atoms with Gasteiger partial charge >= 0.3 is 5.63 Å². The predicted octanol–water partition coefficient (Wildman–Crippen LogP) is 4.85. The molecule has 154 valence electrons. The first-order valence-electron chi connectivity index (χ1n) is 10.1. The van der Waals surface area contributed by atoms with Crippen molar-refractivity contribution in [2.24, 2.45) is 0 Å². The molecule has 6 heteroatoms. The van der Waals surface area contributed by atoms with Crippen LogP contribution in [-0.2, 0) is 0 Å². The van der Waals surface area contributed by atoms with Crippen LogP contribution in [0.5, 0.6) is 0 Å². The lowest BCUT2D eigenvalue weighted by molar-refractivity contribution is 0.112. The minimum absolute atomic E-state index is 0.0120. The number of likely N-dealkylation sites (tertiary alicyclic amines) is 1. The molecule has 1 aliphatic rings. The Morgan fingerprint density at radius 1 is 1.13 bits per heavy atom. The number of aldehydes is 1. The lowest BCUT2D eigenvalue weighted by atomic mass is 10.0. The summed E-state index contributed by atoms with van der Waals surface area (Å²) in [6, 6.07) is 15.5. The van der Waals surface area contributed by atoms with Crippen molar-refractivity contribution in [2.75, 3.05) is 25.0 Å². The molecule has 0 saturated carbocycles. The van der Waals surface area contributed by atoms with Crippen LogP contribution in [-0.4, -0.2) is 36.9 Å². The number of carbonyl (C=O) groups is 1. The molecule has 1 aliphatic heterocycles. The maximum Gasteiger partial charge on any atom is 0.349 e. The minimum atomic E-state index is -0.634. The molecule has 0 spiro atoms. The number of halogens is 1. The molecule has 30 heavy (non-hydrogen) atoms. The summed E-state index contributed by atoms with van der Waals surface area (Å²) in [7, 11) is 0. The molecule has 5 nitrogen and oxygen atoms in total. The van der Waals surface area contributed by atoms with E-state index in [0.29, 0.717) is 28.0 Å². The largest absolute Gasteiger partial charge is 0.422 e. The Balaban J connectivity index is 1.43. The fourth-order valence-corrected chi connectivity index (χ4v) is 3.99. The molecule has 0 aliphatic carbocycles. The van der Waals surface area contributed by atoms with Crippen LogP contribution in [0.1, 0.15) is 28.8 Å². The number of anilines is 1. The average Bonchev–Trinajstić information content (AvgIpc) is 2.76. The summed E-state index contributed by atoms with van der Waals surface area (Å²) >= 11 is 6.13. The molecule has 1 N–H and O–H groups in total. The number of nitrogens with one attached hydrogen (secondary N) is 1. The minimum Gasteiger partial charge on any atom is -0.422 e. The Labute approximate surface area is 180 Å². The number of hydrogen-bond acceptors (Lipinski definition) is 5. The highest BCUT2D eigenvalue weighted by Crippen LogP contribution is 2.29. The lowest BCUT2D eigenvalue weighted by Gasteiger charge is -2.32. The van der Waals surface area contributed by atoms with Gasteiger partial charge in [-0.2, -0.15) is 0 Å². The van der Waals surface area contributed by atoms with Crippen LogP contribution < -0.4 is 10.9 Å². The van der Waals surface area contributed by atoms with Gasteiger partial charge < -0.3 is 9.73 Å². The van der Waals surface area contributed by atoms with Crippen LogP contribution in [0.4, 0.5) is 5.69 Å². The molecule has 4 rings (SSSR count). The van der Waals surface area contributed by atoms with Gasteiger partial charge in [0.15, 0.2) is 6.29 Å². The Morgan fingerprint density at radius 2 is 1.90 bits per heavy atom. The van der Waals surface area contributed by atoms with Crippen LogP contribution in [0.25, 0.3) is 17.0 Å². The summed E-state index contributed by atoms with van der Waals surface area (Å²) < 4.78 is 5.27. The number of nitrogens with zero attached hydrogens (tertiary/aromatic N) is 1. The molecule has 0 amide bonds. The SMILES string of the molecule is O=Cc1c(NC2CCN(C/C=C/c3ccccc3)CC2)c2cc(Cl)ccc2oc1=O. The van der Waals surface area contributed by atoms with Crippen LogP contribution in [0.2, 0.25) is 5.02 Å². The van der Waals surface area contributed by atoms with Crippen molar-refractivity contribution >= 4 is 40.6 Å². The number of fused-ring (bicyclic) bond motifs is 1. The van der Waals surface area contributed by atoms with Gasteiger partial charge in [-0.25, -0.2) is 4.79 Å². The van der Waals surface area contributed by atoms with Crippen LogP contribution in [0, 0.1) is 0 Å². The zero-order valence-corrected chi connectivity index (χ0v) is 17.3. The van der Waals surface area contributed by atoms with Crippen molar-refractivity contribution in [2.45, 2.75) is 18.9 Å². The van der Waals surface area contributed by atoms with Crippen LogP contribution >= 0.6 is 11.6 Å². The molecule has 2 aromatic carbocycles. The van der Waals surface area contributed by atoms with E-state index < -0.39 is 5.63 Å². The van der Waals surface area contributed by atoms with Gasteiger partial charge in [-0.15, -0.1) is 0 Å². The second-order valence-electron chi connectivity index (χ2n) is 7.47. The van der Waals surface area contributed by atoms with Gasteiger partial charge in [0.25, 0.3) is 0 Å². The molecule has 3 aromatic rings. The molecule has 2 heterocycles. The molecule has 1 aromatic heterocycles. The Morgan fingerprint density at radius 3 is 2.63 bits per heavy atom. The van der Waals surface area contributed by atoms with E-state index >= 15 is 0 Å². The van der Waals surface area contributed by atoms with E-state index in [1.165, 1.54) is 5.56 Å². The van der Waals surface area contributed by atoms with Crippen LogP contribution in [0.15, 0.2) is 63.8 Å². The monoisotopic (exact) mass is 422 g/mol. The zero-order chi connectivity index (χ0) is 20.9. The summed E-state index contributed by atoms with van der Waals surface area (Å²) in [4.78, 5) is 26.2. The van der Waals surface area contributed by atoms with Crippen molar-refractivity contribution in [3.8, 4) is 0 Å². The summed E-state index contributed by atoms with van der Waals surface area (Å²) in [6.45, 7) is 2.77. The number of piperidine rings is 1. The van der Waals surface area contributed by atoms with Crippen molar-refractivity contribution in [1.82, 2.24) is 4.90 Å². The third kappa shape index (κ3) is 4.64. The first kappa shape index (κ1) is 20.4. The van der Waals surface area contributed by atoms with E-state index in [0.717, 1.165) is 32.5 Å². The van der Waals surface area contributed by atoms with Gasteiger partial charge in [-0.1, -0.05) is 54.1 Å². The lowest BCUT2D eigenvalue weighted by Crippen LogP contribution is -2.39. The molecule has 0 atom stereocenters. The van der Waals surface area contributed by atoms with E-state index in [-0.39, 0.29) is 11.6 Å². The number of carbonyl (C=O) groups excluding carboxylic acids is 1. The van der Waals surface area contributed by atoms with E-state index in [4.69, 9.17) is 16.0 Å². The van der Waals surface area contributed by atoms with E-state index in [1.54, 1.807) is 18.2 Å². The van der Waals surface area contributed by atoms with E-state index in [1.807, 2.05) is 18.2 Å². The van der Waals surface area contributed by atoms with E-state index in [9.17, 15) is 9.59 Å². The summed E-state index contributed by atoms with van der Waals surface area (Å²) in [5, 5.41) is 4.59. The maximum atomic E-state index is 12.2. The van der Waals surface area contributed by atoms with Crippen LogP contribution in [0.3, 0.4) is 0 Å². The molecular weight excluding hydrogens is 400 g/mol. The fraction of sp³-hybridized carbons (Fsp3) is 0.250. The first-order valence-corrected chi connectivity index (χ1v) is 10.4. The molecule has 1 saturated heterocycles. The van der Waals surface area contributed by atoms with Crippen molar-refractivity contribution < 1.29 is 9.21 Å². The fourth-order valence-electron chi connectivity index (χ4n) is 3.82. The van der Waals surface area contributed by atoms with E-state index in [2.05, 4.69) is 34.5 Å². The predicted molar refractivity (Wildman–Crippen MR) is 121 cm³/mol. The second kappa shape index (κ2) is 9.28. The van der Waals surface area contributed by atoms with Crippen molar-refractivity contribution in [1.29, 1.82) is 0 Å². The third-order valence-electron chi connectivity index (χ3n) is 5.43. The van der Waals surface area contributed by atoms with Gasteiger partial charge in [0.05, 0.1) is 5.69 Å². The molecule has 0 unspecified atom stereocenters. The summed E-state index contributed by atoms with van der Waals surface area (Å²) in [5.74, 6) is 0. The quantitative estimate of drug-likeness (QED) is 0.454. The van der Waals surface area contributed by atoms with Gasteiger partial charge in [-0.3, -0.25) is 9.69 Å². The van der Waals surface area contributed by atoms with Crippen molar-refractivity contribution in [3.63, 3.8) is 0 Å². The highest BCUT2D eigenvalue weighted by Gasteiger charge is 2.22. The standard InChI is InChI=1S/C24H23ClN2O3/c25-18-8-9-22-20(15-18)23(21(16-28)24(29)30-22)26-19-10-13-27(14-11-19)12-4-7-17-5-2-1-3-6-17/h1-9,15-16,19,26H,10-14H2/b7-4+. The number of rotatable bonds is 6. The number of benzene rings is 2. The van der Waals surface area contributed by atoms with Gasteiger partial charge in [-0.05, 0) is 36.6 Å². The molecule has 0 bridgehead atoms. The first-order chi connectivity index (χ1) is 14.6. The highest BCUT2D eigenvalue weighted by molar-refractivity contribution is 6.31. The third-order valence-corrected chi connectivity index (χ3v) is 5.67. The highest BCUT2D eigenvalue weighted by atomic mass is 35.5. The smallest absolute Gasteiger partial charge is 0.349 e. The number of hydrogen-bond donors (Lipinski definition) is 1. The van der Waals surface area contributed by atoms with Gasteiger partial charge in [0, 0.05) is 36.1 Å². The maximum absolute atomic E-state index is 12.2. The zero-order valence-electron chi connectivity index (χ0n) is 16.5. The Bertz CT molecular complexity index is 1120. The summed E-state index contributed by atoms with van der Waals surface area (Å²) in [5.41, 5.74) is 1.51. The van der Waals surface area contributed by atoms with Gasteiger partial charge in [0.1, 0.15) is 11.1 Å².